The standard InChI is InChI=1S/C8H11.2FH.Ti/c1-7(2)8-5-3-4-6-8;;;/h3,5,7H,4H2,1-2H3;2*1H;/q-1;;;. The molecule has 0 amide bonds. The minimum Gasteiger partial charge on any atom is -0.269 e. The summed E-state index contributed by atoms with van der Waals surface area (Å²) < 4.78 is 0. The number of rotatable bonds is 1. The first-order valence-electron chi connectivity index (χ1n) is 3.08. The quantitative estimate of drug-likeness (QED) is 0.445. The second kappa shape index (κ2) is 8.15. The zero-order valence-electron chi connectivity index (χ0n) is 6.76. The number of hydrogen-bond acceptors (Lipinski definition) is 0. The molecule has 3 heteroatoms. The molecule has 0 aliphatic heterocycles. The Balaban J connectivity index is -0.000000213. The summed E-state index contributed by atoms with van der Waals surface area (Å²) in [5.41, 5.74) is 1.37. The summed E-state index contributed by atoms with van der Waals surface area (Å²) in [6, 6.07) is 0. The van der Waals surface area contributed by atoms with E-state index in [1.807, 2.05) is 0 Å². The summed E-state index contributed by atoms with van der Waals surface area (Å²) in [5, 5.41) is 0. The molecule has 0 aromatic heterocycles. The third-order valence-electron chi connectivity index (χ3n) is 1.34. The molecule has 0 radical (unpaired) electrons. The third kappa shape index (κ3) is 5.34. The Bertz CT molecular complexity index is 139. The van der Waals surface area contributed by atoms with E-state index in [1.165, 1.54) is 5.57 Å². The Morgan fingerprint density at radius 3 is 2.09 bits per heavy atom. The number of allylic oxidation sites excluding steroid dienone is 4. The molecule has 0 spiro atoms. The summed E-state index contributed by atoms with van der Waals surface area (Å²) in [6.45, 7) is 4.38. The Kier molecular flexibility index (Phi) is 12.8. The fourth-order valence-corrected chi connectivity index (χ4v) is 0.818. The normalized spacial score (nSPS) is 12.8. The second-order valence-electron chi connectivity index (χ2n) is 2.39. The zero-order chi connectivity index (χ0) is 5.98. The molecule has 0 bridgehead atoms. The molecule has 64 valence electrons. The van der Waals surface area contributed by atoms with Gasteiger partial charge in [-0.1, -0.05) is 19.8 Å². The average Bonchev–Trinajstić information content (AvgIpc) is 2.12. The minimum atomic E-state index is 0. The van der Waals surface area contributed by atoms with Crippen LogP contribution in [0.15, 0.2) is 17.7 Å². The van der Waals surface area contributed by atoms with Crippen LogP contribution in [0.1, 0.15) is 20.3 Å². The summed E-state index contributed by atoms with van der Waals surface area (Å²) in [7, 11) is 0. The van der Waals surface area contributed by atoms with Crippen molar-refractivity contribution in [3.8, 4) is 0 Å². The molecule has 1 aliphatic rings. The van der Waals surface area contributed by atoms with Gasteiger partial charge in [0.25, 0.3) is 0 Å². The van der Waals surface area contributed by atoms with Crippen LogP contribution in [0.25, 0.3) is 0 Å². The Labute approximate surface area is 81.4 Å². The Morgan fingerprint density at radius 1 is 1.36 bits per heavy atom. The molecule has 0 unspecified atom stereocenters. The summed E-state index contributed by atoms with van der Waals surface area (Å²) in [4.78, 5) is 0. The van der Waals surface area contributed by atoms with Crippen LogP contribution < -0.4 is 0 Å². The van der Waals surface area contributed by atoms with E-state index in [0.29, 0.717) is 5.92 Å². The summed E-state index contributed by atoms with van der Waals surface area (Å²) in [5.74, 6) is 0.661. The molecule has 0 N–H and O–H groups in total. The van der Waals surface area contributed by atoms with Crippen molar-refractivity contribution >= 4 is 0 Å². The fraction of sp³-hybridized carbons (Fsp3) is 0.500. The first-order chi connectivity index (χ1) is 3.80. The van der Waals surface area contributed by atoms with E-state index in [-0.39, 0.29) is 31.1 Å². The van der Waals surface area contributed by atoms with Gasteiger partial charge in [0.05, 0.1) is 0 Å². The predicted octanol–water partition coefficient (Wildman–Crippen LogP) is 2.63. The maximum atomic E-state index is 3.26. The van der Waals surface area contributed by atoms with Crippen LogP contribution in [-0.4, -0.2) is 0 Å². The van der Waals surface area contributed by atoms with Crippen molar-refractivity contribution in [2.45, 2.75) is 20.3 Å². The molecule has 0 atom stereocenters. The van der Waals surface area contributed by atoms with E-state index < -0.39 is 0 Å². The smallest absolute Gasteiger partial charge is 0 e. The van der Waals surface area contributed by atoms with Crippen molar-refractivity contribution in [2.75, 3.05) is 0 Å². The van der Waals surface area contributed by atoms with Crippen LogP contribution in [0.4, 0.5) is 9.41 Å². The SMILES string of the molecule is CC(C)C1=[C-]CC=C1.F.F.[Ti]. The van der Waals surface area contributed by atoms with Crippen LogP contribution in [0.3, 0.4) is 0 Å². The van der Waals surface area contributed by atoms with Crippen LogP contribution in [0.2, 0.25) is 0 Å². The predicted molar refractivity (Wildman–Crippen MR) is 40.4 cm³/mol. The van der Waals surface area contributed by atoms with Crippen molar-refractivity contribution in [3.63, 3.8) is 0 Å². The van der Waals surface area contributed by atoms with Gasteiger partial charge in [-0.05, 0) is 0 Å². The number of halogens is 2. The van der Waals surface area contributed by atoms with E-state index in [9.17, 15) is 0 Å². The Morgan fingerprint density at radius 2 is 1.91 bits per heavy atom. The van der Waals surface area contributed by atoms with Crippen molar-refractivity contribution in [2.24, 2.45) is 5.92 Å². The van der Waals surface area contributed by atoms with Gasteiger partial charge in [-0.25, -0.2) is 11.6 Å². The molecular formula is C8H13F2Ti-. The first-order valence-corrected chi connectivity index (χ1v) is 3.08. The van der Waals surface area contributed by atoms with Crippen LogP contribution in [0.5, 0.6) is 0 Å². The second-order valence-corrected chi connectivity index (χ2v) is 2.39. The van der Waals surface area contributed by atoms with E-state index in [1.54, 1.807) is 0 Å². The third-order valence-corrected chi connectivity index (χ3v) is 1.34. The average molecular weight is 195 g/mol. The monoisotopic (exact) mass is 195 g/mol. The van der Waals surface area contributed by atoms with E-state index >= 15 is 0 Å². The Hall–Kier alpha value is 0.0543. The van der Waals surface area contributed by atoms with Crippen LogP contribution >= 0.6 is 0 Å². The molecule has 0 aromatic rings. The van der Waals surface area contributed by atoms with Gasteiger partial charge in [0, 0.05) is 21.7 Å². The van der Waals surface area contributed by atoms with Crippen LogP contribution in [-0.2, 0) is 21.7 Å². The van der Waals surface area contributed by atoms with Crippen molar-refractivity contribution in [1.82, 2.24) is 0 Å². The largest absolute Gasteiger partial charge is 0.269 e. The molecular weight excluding hydrogens is 182 g/mol. The van der Waals surface area contributed by atoms with E-state index in [0.717, 1.165) is 6.42 Å². The molecule has 0 saturated heterocycles. The van der Waals surface area contributed by atoms with Gasteiger partial charge in [-0.2, -0.15) is 6.08 Å². The van der Waals surface area contributed by atoms with Gasteiger partial charge >= 0.3 is 0 Å². The summed E-state index contributed by atoms with van der Waals surface area (Å²) in [6.07, 6.45) is 8.59. The van der Waals surface area contributed by atoms with Gasteiger partial charge in [0.15, 0.2) is 0 Å². The first kappa shape index (κ1) is 17.2. The van der Waals surface area contributed by atoms with E-state index in [4.69, 9.17) is 0 Å². The van der Waals surface area contributed by atoms with Gasteiger partial charge < -0.3 is 0 Å². The van der Waals surface area contributed by atoms with Crippen molar-refractivity contribution in [3.05, 3.63) is 23.8 Å². The maximum Gasteiger partial charge on any atom is 0 e. The topological polar surface area (TPSA) is 0 Å². The molecule has 0 nitrogen and oxygen atoms in total. The molecule has 0 aromatic carbocycles. The molecule has 0 saturated carbocycles. The molecule has 0 heterocycles. The van der Waals surface area contributed by atoms with Gasteiger partial charge in [0.1, 0.15) is 0 Å². The molecule has 1 rings (SSSR count). The molecule has 0 fully saturated rings. The maximum absolute atomic E-state index is 3.26. The fourth-order valence-electron chi connectivity index (χ4n) is 0.818. The van der Waals surface area contributed by atoms with Crippen LogP contribution in [0, 0.1) is 12.0 Å². The minimum absolute atomic E-state index is 0. The number of hydrogen-bond donors (Lipinski definition) is 0. The van der Waals surface area contributed by atoms with Gasteiger partial charge in [-0.3, -0.25) is 15.5 Å². The van der Waals surface area contributed by atoms with Gasteiger partial charge in [0.2, 0.25) is 0 Å². The molecule has 1 aliphatic carbocycles. The zero-order valence-corrected chi connectivity index (χ0v) is 8.32. The van der Waals surface area contributed by atoms with Gasteiger partial charge in [-0.15, -0.1) is 6.42 Å². The van der Waals surface area contributed by atoms with Crippen molar-refractivity contribution < 1.29 is 31.1 Å². The van der Waals surface area contributed by atoms with E-state index in [2.05, 4.69) is 32.1 Å². The van der Waals surface area contributed by atoms with Crippen molar-refractivity contribution in [1.29, 1.82) is 0 Å². The molecule has 11 heavy (non-hydrogen) atoms. The summed E-state index contributed by atoms with van der Waals surface area (Å²) >= 11 is 0.